The highest BCUT2D eigenvalue weighted by molar-refractivity contribution is 6.06. The Bertz CT molecular complexity index is 568. The maximum atomic E-state index is 12.7. The van der Waals surface area contributed by atoms with Crippen LogP contribution in [0.25, 0.3) is 6.08 Å². The Morgan fingerprint density at radius 2 is 1.33 bits per heavy atom. The lowest BCUT2D eigenvalue weighted by Gasteiger charge is -1.96. The van der Waals surface area contributed by atoms with Gasteiger partial charge in [0.05, 0.1) is 0 Å². The number of halogens is 2. The lowest BCUT2D eigenvalue weighted by atomic mass is 10.1. The summed E-state index contributed by atoms with van der Waals surface area (Å²) < 4.78 is 25.3. The minimum atomic E-state index is -0.380. The molecule has 0 amide bonds. The van der Waals surface area contributed by atoms with Gasteiger partial charge in [0, 0.05) is 5.56 Å². The zero-order valence-electron chi connectivity index (χ0n) is 9.44. The largest absolute Gasteiger partial charge is 0.289 e. The van der Waals surface area contributed by atoms with E-state index in [2.05, 4.69) is 0 Å². The Labute approximate surface area is 103 Å². The Kier molecular flexibility index (Phi) is 3.63. The van der Waals surface area contributed by atoms with Gasteiger partial charge in [-0.1, -0.05) is 18.2 Å². The van der Waals surface area contributed by atoms with Crippen molar-refractivity contribution >= 4 is 11.9 Å². The first-order chi connectivity index (χ1) is 8.65. The summed E-state index contributed by atoms with van der Waals surface area (Å²) >= 11 is 0. The zero-order valence-corrected chi connectivity index (χ0v) is 9.44. The average Bonchev–Trinajstić information content (AvgIpc) is 2.38. The first-order valence-electron chi connectivity index (χ1n) is 5.39. The molecule has 0 unspecified atom stereocenters. The van der Waals surface area contributed by atoms with Crippen LogP contribution in [0.1, 0.15) is 15.9 Å². The number of ketones is 1. The number of allylic oxidation sites excluding steroid dienone is 1. The maximum absolute atomic E-state index is 12.7. The van der Waals surface area contributed by atoms with Crippen LogP contribution in [0, 0.1) is 11.6 Å². The fourth-order valence-corrected chi connectivity index (χ4v) is 1.46. The second-order valence-corrected chi connectivity index (χ2v) is 3.76. The molecular weight excluding hydrogens is 234 g/mol. The molecule has 3 heteroatoms. The molecule has 0 radical (unpaired) electrons. The van der Waals surface area contributed by atoms with Gasteiger partial charge in [0.1, 0.15) is 11.6 Å². The monoisotopic (exact) mass is 244 g/mol. The molecule has 0 saturated heterocycles. The van der Waals surface area contributed by atoms with Crippen molar-refractivity contribution in [3.63, 3.8) is 0 Å². The van der Waals surface area contributed by atoms with Gasteiger partial charge < -0.3 is 0 Å². The zero-order chi connectivity index (χ0) is 13.0. The number of benzene rings is 2. The van der Waals surface area contributed by atoms with E-state index in [0.29, 0.717) is 5.56 Å². The molecular formula is C15H10F2O. The van der Waals surface area contributed by atoms with Crippen LogP contribution >= 0.6 is 0 Å². The molecule has 0 aliphatic rings. The second kappa shape index (κ2) is 5.36. The first-order valence-corrected chi connectivity index (χ1v) is 5.39. The molecule has 0 saturated carbocycles. The van der Waals surface area contributed by atoms with Gasteiger partial charge in [0.2, 0.25) is 0 Å². The van der Waals surface area contributed by atoms with E-state index in [-0.39, 0.29) is 17.4 Å². The van der Waals surface area contributed by atoms with Gasteiger partial charge in [0.15, 0.2) is 5.78 Å². The van der Waals surface area contributed by atoms with Gasteiger partial charge in [-0.15, -0.1) is 0 Å². The molecule has 0 aliphatic carbocycles. The highest BCUT2D eigenvalue weighted by Gasteiger charge is 2.01. The summed E-state index contributed by atoms with van der Waals surface area (Å²) in [5.74, 6) is -0.926. The Hall–Kier alpha value is -2.29. The van der Waals surface area contributed by atoms with Crippen LogP contribution in [0.4, 0.5) is 8.78 Å². The molecule has 90 valence electrons. The summed E-state index contributed by atoms with van der Waals surface area (Å²) in [6.45, 7) is 0. The standard InChI is InChI=1S/C15H10F2O/c16-13-6-1-11(2-7-13)3-10-15(18)12-4-8-14(17)9-5-12/h1-10H/b10-3+. The highest BCUT2D eigenvalue weighted by atomic mass is 19.1. The summed E-state index contributed by atoms with van der Waals surface area (Å²) in [4.78, 5) is 11.7. The van der Waals surface area contributed by atoms with Crippen LogP contribution in [-0.4, -0.2) is 5.78 Å². The molecule has 2 rings (SSSR count). The van der Waals surface area contributed by atoms with Crippen molar-refractivity contribution in [1.29, 1.82) is 0 Å². The molecule has 0 N–H and O–H groups in total. The summed E-state index contributed by atoms with van der Waals surface area (Å²) in [5.41, 5.74) is 1.14. The van der Waals surface area contributed by atoms with Crippen molar-refractivity contribution < 1.29 is 13.6 Å². The number of rotatable bonds is 3. The van der Waals surface area contributed by atoms with E-state index in [1.807, 2.05) is 0 Å². The molecule has 0 fully saturated rings. The van der Waals surface area contributed by atoms with Gasteiger partial charge in [-0.3, -0.25) is 4.79 Å². The minimum Gasteiger partial charge on any atom is -0.289 e. The first kappa shape index (κ1) is 12.2. The predicted molar refractivity (Wildman–Crippen MR) is 66.2 cm³/mol. The fraction of sp³-hybridized carbons (Fsp3) is 0. The summed E-state index contributed by atoms with van der Waals surface area (Å²) in [7, 11) is 0. The molecule has 2 aromatic rings. The van der Waals surface area contributed by atoms with E-state index in [1.165, 1.54) is 42.5 Å². The Balaban J connectivity index is 2.11. The van der Waals surface area contributed by atoms with Crippen LogP contribution in [0.5, 0.6) is 0 Å². The quantitative estimate of drug-likeness (QED) is 0.592. The molecule has 18 heavy (non-hydrogen) atoms. The third-order valence-corrected chi connectivity index (χ3v) is 2.43. The number of hydrogen-bond acceptors (Lipinski definition) is 1. The smallest absolute Gasteiger partial charge is 0.185 e. The third kappa shape index (κ3) is 3.10. The summed E-state index contributed by atoms with van der Waals surface area (Å²) in [5, 5.41) is 0. The molecule has 0 aromatic heterocycles. The van der Waals surface area contributed by atoms with Crippen LogP contribution in [0.3, 0.4) is 0 Å². The average molecular weight is 244 g/mol. The van der Waals surface area contributed by atoms with E-state index in [1.54, 1.807) is 18.2 Å². The number of carbonyl (C=O) groups is 1. The van der Waals surface area contributed by atoms with Crippen LogP contribution < -0.4 is 0 Å². The van der Waals surface area contributed by atoms with Gasteiger partial charge in [-0.2, -0.15) is 0 Å². The molecule has 2 aromatic carbocycles. The SMILES string of the molecule is O=C(/C=C/c1ccc(F)cc1)c1ccc(F)cc1. The molecule has 0 spiro atoms. The van der Waals surface area contributed by atoms with E-state index < -0.39 is 0 Å². The molecule has 0 heterocycles. The molecule has 1 nitrogen and oxygen atoms in total. The van der Waals surface area contributed by atoms with Crippen LogP contribution in [0.15, 0.2) is 54.6 Å². The third-order valence-electron chi connectivity index (χ3n) is 2.43. The number of hydrogen-bond donors (Lipinski definition) is 0. The minimum absolute atomic E-state index is 0.223. The van der Waals surface area contributed by atoms with E-state index >= 15 is 0 Å². The van der Waals surface area contributed by atoms with Crippen molar-refractivity contribution in [1.82, 2.24) is 0 Å². The normalized spacial score (nSPS) is 10.8. The van der Waals surface area contributed by atoms with E-state index in [0.717, 1.165) is 5.56 Å². The predicted octanol–water partition coefficient (Wildman–Crippen LogP) is 3.86. The topological polar surface area (TPSA) is 17.1 Å². The summed E-state index contributed by atoms with van der Waals surface area (Å²) in [6.07, 6.45) is 2.96. The summed E-state index contributed by atoms with van der Waals surface area (Å²) in [6, 6.07) is 11.1. The van der Waals surface area contributed by atoms with E-state index in [9.17, 15) is 13.6 Å². The van der Waals surface area contributed by atoms with Crippen molar-refractivity contribution in [3.8, 4) is 0 Å². The maximum Gasteiger partial charge on any atom is 0.185 e. The van der Waals surface area contributed by atoms with E-state index in [4.69, 9.17) is 0 Å². The lowest BCUT2D eigenvalue weighted by molar-refractivity contribution is 0.104. The van der Waals surface area contributed by atoms with Crippen molar-refractivity contribution in [2.45, 2.75) is 0 Å². The molecule has 0 aliphatic heterocycles. The fourth-order valence-electron chi connectivity index (χ4n) is 1.46. The van der Waals surface area contributed by atoms with Crippen molar-refractivity contribution in [2.75, 3.05) is 0 Å². The van der Waals surface area contributed by atoms with Gasteiger partial charge in [-0.25, -0.2) is 8.78 Å². The second-order valence-electron chi connectivity index (χ2n) is 3.76. The highest BCUT2D eigenvalue weighted by Crippen LogP contribution is 2.08. The Morgan fingerprint density at radius 3 is 1.89 bits per heavy atom. The van der Waals surface area contributed by atoms with Gasteiger partial charge in [0.25, 0.3) is 0 Å². The number of carbonyl (C=O) groups excluding carboxylic acids is 1. The Morgan fingerprint density at radius 1 is 0.833 bits per heavy atom. The van der Waals surface area contributed by atoms with Gasteiger partial charge >= 0.3 is 0 Å². The van der Waals surface area contributed by atoms with Crippen LogP contribution in [-0.2, 0) is 0 Å². The molecule has 0 bridgehead atoms. The van der Waals surface area contributed by atoms with Crippen molar-refractivity contribution in [2.24, 2.45) is 0 Å². The molecule has 0 atom stereocenters. The van der Waals surface area contributed by atoms with Crippen LogP contribution in [0.2, 0.25) is 0 Å². The lowest BCUT2D eigenvalue weighted by Crippen LogP contribution is -1.93. The van der Waals surface area contributed by atoms with Crippen molar-refractivity contribution in [3.05, 3.63) is 77.4 Å². The van der Waals surface area contributed by atoms with Gasteiger partial charge in [-0.05, 0) is 48.0 Å².